The highest BCUT2D eigenvalue weighted by atomic mass is 16.5. The summed E-state index contributed by atoms with van der Waals surface area (Å²) in [6.45, 7) is 10.2. The summed E-state index contributed by atoms with van der Waals surface area (Å²) in [6.07, 6.45) is 6.85. The largest absolute Gasteiger partial charge is 0.493 e. The van der Waals surface area contributed by atoms with Gasteiger partial charge in [0.05, 0.1) is 43.7 Å². The monoisotopic (exact) mass is 549 g/mol. The lowest BCUT2D eigenvalue weighted by Crippen LogP contribution is -2.20. The maximum absolute atomic E-state index is 12.3. The van der Waals surface area contributed by atoms with Gasteiger partial charge in [-0.25, -0.2) is 9.78 Å². The quantitative estimate of drug-likeness (QED) is 0.357. The second-order valence-corrected chi connectivity index (χ2v) is 9.47. The summed E-state index contributed by atoms with van der Waals surface area (Å²) in [4.78, 5) is 42.1. The zero-order valence-electron chi connectivity index (χ0n) is 23.5. The van der Waals surface area contributed by atoms with Gasteiger partial charge < -0.3 is 19.7 Å². The van der Waals surface area contributed by atoms with Gasteiger partial charge in [-0.3, -0.25) is 25.1 Å². The molecule has 4 rings (SSSR count). The van der Waals surface area contributed by atoms with E-state index in [1.54, 1.807) is 55.9 Å². The number of rotatable bonds is 8. The van der Waals surface area contributed by atoms with E-state index in [-0.39, 0.29) is 14.7 Å². The van der Waals surface area contributed by atoms with E-state index in [0.717, 1.165) is 11.3 Å². The van der Waals surface area contributed by atoms with Crippen LogP contribution in [-0.4, -0.2) is 65.8 Å². The number of ether oxygens (including phenoxy) is 2. The topological polar surface area (TPSA) is 131 Å². The van der Waals surface area contributed by atoms with Crippen molar-refractivity contribution in [2.45, 2.75) is 27.2 Å². The van der Waals surface area contributed by atoms with Gasteiger partial charge in [-0.05, 0) is 57.8 Å². The van der Waals surface area contributed by atoms with Crippen molar-refractivity contribution in [1.82, 2.24) is 19.9 Å². The van der Waals surface area contributed by atoms with Crippen LogP contribution < -0.4 is 20.1 Å². The smallest absolute Gasteiger partial charge is 0.324 e. The van der Waals surface area contributed by atoms with E-state index in [1.165, 1.54) is 11.8 Å². The van der Waals surface area contributed by atoms with Gasteiger partial charge in [0, 0.05) is 46.2 Å². The number of aromatic nitrogens is 3. The first-order valence-electron chi connectivity index (χ1n) is 12.7. The number of benzene rings is 1. The summed E-state index contributed by atoms with van der Waals surface area (Å²) >= 11 is 0. The first-order chi connectivity index (χ1) is 19.2. The number of carbonyl (C=O) groups is 2. The Morgan fingerprint density at radius 1 is 1.20 bits per heavy atom. The minimum atomic E-state index is -0.450. The number of nitrogens with zero attached hydrogens (tertiary/aromatic N) is 5. The van der Waals surface area contributed by atoms with Crippen molar-refractivity contribution in [3.63, 3.8) is 0 Å². The van der Waals surface area contributed by atoms with E-state index >= 15 is 0 Å². The molecule has 2 N–H and O–H groups in total. The fraction of sp³-hybridized carbons (Fsp3) is 0.310. The van der Waals surface area contributed by atoms with Crippen LogP contribution in [-0.2, 0) is 4.79 Å². The van der Waals surface area contributed by atoms with Gasteiger partial charge in [0.25, 0.3) is 0 Å². The Morgan fingerprint density at radius 3 is 2.60 bits per heavy atom. The molecule has 1 aromatic carbocycles. The minimum Gasteiger partial charge on any atom is -0.493 e. The second kappa shape index (κ2) is 14.4. The molecule has 2 aromatic heterocycles. The number of aryl methyl sites for hydroxylation is 1. The maximum atomic E-state index is 12.3. The van der Waals surface area contributed by atoms with Crippen LogP contribution in [0.15, 0.2) is 65.7 Å². The highest BCUT2D eigenvalue weighted by Gasteiger charge is 2.27. The lowest BCUT2D eigenvalue weighted by molar-refractivity contribution is -0.126. The highest BCUT2D eigenvalue weighted by molar-refractivity contribution is 5.99. The molecule has 0 aliphatic carbocycles. The van der Waals surface area contributed by atoms with Gasteiger partial charge in [0.15, 0.2) is 17.3 Å². The number of anilines is 2. The van der Waals surface area contributed by atoms with Crippen LogP contribution in [0.2, 0.25) is 0 Å². The van der Waals surface area contributed by atoms with Crippen molar-refractivity contribution in [2.24, 2.45) is 10.9 Å². The zero-order valence-corrected chi connectivity index (χ0v) is 23.5. The molecular formula is C29H39N7O4. The molecule has 214 valence electrons. The lowest BCUT2D eigenvalue weighted by atomic mass is 10.1. The van der Waals surface area contributed by atoms with Crippen LogP contribution in [0, 0.1) is 12.8 Å². The molecule has 0 unspecified atom stereocenters. The number of hydrogen-bond acceptors (Lipinski definition) is 8. The summed E-state index contributed by atoms with van der Waals surface area (Å²) in [5, 5.41) is 5.38. The van der Waals surface area contributed by atoms with Crippen molar-refractivity contribution in [2.75, 3.05) is 37.9 Å². The van der Waals surface area contributed by atoms with Gasteiger partial charge in [0.2, 0.25) is 5.91 Å². The molecule has 1 fully saturated rings. The number of hydrogen-bond donors (Lipinski definition) is 2. The number of aliphatic imine (C=N–C) groups is 1. The predicted molar refractivity (Wildman–Crippen MR) is 160 cm³/mol. The molecule has 3 aromatic rings. The van der Waals surface area contributed by atoms with Crippen LogP contribution in [0.5, 0.6) is 11.5 Å². The van der Waals surface area contributed by atoms with Crippen molar-refractivity contribution >= 4 is 30.2 Å². The highest BCUT2D eigenvalue weighted by Crippen LogP contribution is 2.33. The number of methoxy groups -OCH3 is 1. The molecule has 11 nitrogen and oxygen atoms in total. The molecule has 1 aliphatic heterocycles. The van der Waals surface area contributed by atoms with E-state index in [9.17, 15) is 9.59 Å². The standard InChI is InChI=1S/C24H26N6O4.C5H9N.2H2/c1-15-4-6-18(10-26-15)27-24(32)29-22-12-25-11-19(28-22)17-5-7-20(21(9-17)33-3)34-14-16-8-23(31)30(2)13-16;1-5(2)4-6-3;;/h4-7,9-12,16H,8,13-14H2,1-3H3,(H2,27,28,29,32);4H,3H2,1-2H3;2*1H/t16-;;;/m0.../s1. The molecular weight excluding hydrogens is 510 g/mol. The number of urea groups is 1. The Hall–Kier alpha value is -4.80. The predicted octanol–water partition coefficient (Wildman–Crippen LogP) is 5.46. The number of nitrogens with one attached hydrogen (secondary N) is 2. The number of pyridine rings is 1. The van der Waals surface area contributed by atoms with Gasteiger partial charge in [0.1, 0.15) is 0 Å². The number of likely N-dealkylation sites (tertiary alicyclic amines) is 1. The van der Waals surface area contributed by atoms with E-state index < -0.39 is 6.03 Å². The summed E-state index contributed by atoms with van der Waals surface area (Å²) in [5.41, 5.74) is 3.92. The van der Waals surface area contributed by atoms with E-state index in [1.807, 2.05) is 32.9 Å². The lowest BCUT2D eigenvalue weighted by Gasteiger charge is -2.15. The Balaban J connectivity index is 0.00000100. The van der Waals surface area contributed by atoms with Crippen LogP contribution >= 0.6 is 0 Å². The third-order valence-corrected chi connectivity index (χ3v) is 5.75. The molecule has 11 heteroatoms. The SMILES string of the molecule is C=NC=C(C)C.COc1cc(-c2cncc(NC(=O)Nc3ccc(C)nc3)n2)ccc1OC[C@H]1CC(=O)N(C)C1.[HH].[HH]. The van der Waals surface area contributed by atoms with Gasteiger partial charge in [-0.15, -0.1) is 0 Å². The van der Waals surface area contributed by atoms with Crippen LogP contribution in [0.4, 0.5) is 16.3 Å². The van der Waals surface area contributed by atoms with Crippen LogP contribution in [0.3, 0.4) is 0 Å². The Bertz CT molecular complexity index is 1370. The Morgan fingerprint density at radius 2 is 2.00 bits per heavy atom. The van der Waals surface area contributed by atoms with Crippen molar-refractivity contribution in [3.8, 4) is 22.8 Å². The average molecular weight is 550 g/mol. The Kier molecular flexibility index (Phi) is 10.7. The summed E-state index contributed by atoms with van der Waals surface area (Å²) in [5.74, 6) is 1.70. The molecule has 0 bridgehead atoms. The summed E-state index contributed by atoms with van der Waals surface area (Å²) in [7, 11) is 3.36. The fourth-order valence-electron chi connectivity index (χ4n) is 3.79. The van der Waals surface area contributed by atoms with Gasteiger partial charge in [-0.1, -0.05) is 5.57 Å². The van der Waals surface area contributed by atoms with Gasteiger partial charge >= 0.3 is 6.03 Å². The van der Waals surface area contributed by atoms with Crippen LogP contribution in [0.25, 0.3) is 11.3 Å². The second-order valence-electron chi connectivity index (χ2n) is 9.47. The number of allylic oxidation sites excluding steroid dienone is 1. The molecule has 1 saturated heterocycles. The molecule has 1 atom stereocenters. The first-order valence-corrected chi connectivity index (χ1v) is 12.7. The molecule has 1 aliphatic rings. The van der Waals surface area contributed by atoms with E-state index in [0.29, 0.717) is 48.3 Å². The molecule has 40 heavy (non-hydrogen) atoms. The number of amides is 3. The van der Waals surface area contributed by atoms with Crippen molar-refractivity contribution in [1.29, 1.82) is 0 Å². The average Bonchev–Trinajstić information content (AvgIpc) is 3.25. The van der Waals surface area contributed by atoms with E-state index in [2.05, 4.69) is 37.3 Å². The molecule has 0 spiro atoms. The van der Waals surface area contributed by atoms with Crippen molar-refractivity contribution in [3.05, 3.63) is 66.4 Å². The van der Waals surface area contributed by atoms with Gasteiger partial charge in [-0.2, -0.15) is 0 Å². The normalized spacial score (nSPS) is 14.0. The Labute approximate surface area is 237 Å². The third kappa shape index (κ3) is 8.90. The summed E-state index contributed by atoms with van der Waals surface area (Å²) < 4.78 is 11.4. The molecule has 3 amide bonds. The van der Waals surface area contributed by atoms with Crippen LogP contribution in [0.1, 0.15) is 28.8 Å². The van der Waals surface area contributed by atoms with Crippen molar-refractivity contribution < 1.29 is 21.9 Å². The minimum absolute atomic E-state index is 0. The zero-order chi connectivity index (χ0) is 29.1. The third-order valence-electron chi connectivity index (χ3n) is 5.75. The maximum Gasteiger partial charge on any atom is 0.324 e. The number of carbonyl (C=O) groups excluding carboxylic acids is 2. The fourth-order valence-corrected chi connectivity index (χ4v) is 3.79. The summed E-state index contributed by atoms with van der Waals surface area (Å²) in [6, 6.07) is 8.57. The molecule has 3 heterocycles. The first kappa shape index (κ1) is 29.8. The van der Waals surface area contributed by atoms with E-state index in [4.69, 9.17) is 9.47 Å². The molecule has 0 radical (unpaired) electrons. The molecule has 0 saturated carbocycles.